The van der Waals surface area contributed by atoms with Crippen molar-refractivity contribution in [1.29, 1.82) is 0 Å². The van der Waals surface area contributed by atoms with Crippen LogP contribution in [-0.4, -0.2) is 31.8 Å². The van der Waals surface area contributed by atoms with E-state index >= 15 is 0 Å². The van der Waals surface area contributed by atoms with E-state index in [0.717, 1.165) is 48.3 Å². The third-order valence-electron chi connectivity index (χ3n) is 6.41. The molecule has 0 bridgehead atoms. The van der Waals surface area contributed by atoms with Gasteiger partial charge in [-0.1, -0.05) is 44.4 Å². The van der Waals surface area contributed by atoms with E-state index in [2.05, 4.69) is 6.92 Å². The van der Waals surface area contributed by atoms with Gasteiger partial charge in [-0.3, -0.25) is 9.59 Å². The minimum atomic E-state index is -1.06. The lowest BCUT2D eigenvalue weighted by Crippen LogP contribution is -2.44. The molecule has 0 spiro atoms. The third-order valence-corrected chi connectivity index (χ3v) is 6.41. The lowest BCUT2D eigenvalue weighted by Gasteiger charge is -2.32. The van der Waals surface area contributed by atoms with E-state index in [1.807, 2.05) is 35.2 Å². The summed E-state index contributed by atoms with van der Waals surface area (Å²) in [5, 5.41) is 0. The molecule has 0 saturated heterocycles. The number of fused-ring (bicyclic) bond motifs is 1. The normalized spacial score (nSPS) is 21.9. The second-order valence-corrected chi connectivity index (χ2v) is 8.29. The highest BCUT2D eigenvalue weighted by molar-refractivity contribution is 6.12. The molecule has 0 fully saturated rings. The molecule has 1 aromatic carbocycles. The van der Waals surface area contributed by atoms with Crippen molar-refractivity contribution in [3.05, 3.63) is 53.0 Å². The van der Waals surface area contributed by atoms with Crippen LogP contribution in [0, 0.1) is 0 Å². The van der Waals surface area contributed by atoms with Gasteiger partial charge in [0, 0.05) is 18.7 Å². The predicted octanol–water partition coefficient (Wildman–Crippen LogP) is 4.74. The molecular formula is C25H31NO5. The number of anilines is 1. The van der Waals surface area contributed by atoms with Crippen molar-refractivity contribution in [3.63, 3.8) is 0 Å². The maximum Gasteiger partial charge on any atom is 0.307 e. The Labute approximate surface area is 183 Å². The standard InChI is InChI=1S/C25H31NO5/c1-3-5-6-9-14-26-20-11-8-7-10-19(20)25(24(26)28,16-23(27)29-4-2)18-12-13-21-22(15-18)31-17-30-21/h7-8,10-11,15H,3-6,9,12-14,16-17H2,1-2H3. The zero-order valence-corrected chi connectivity index (χ0v) is 18.4. The molecule has 0 radical (unpaired) electrons. The Morgan fingerprint density at radius 3 is 2.77 bits per heavy atom. The Morgan fingerprint density at radius 1 is 1.13 bits per heavy atom. The monoisotopic (exact) mass is 425 g/mol. The van der Waals surface area contributed by atoms with Crippen LogP contribution in [0.4, 0.5) is 5.69 Å². The van der Waals surface area contributed by atoms with Crippen molar-refractivity contribution in [1.82, 2.24) is 0 Å². The van der Waals surface area contributed by atoms with Crippen LogP contribution in [0.3, 0.4) is 0 Å². The van der Waals surface area contributed by atoms with Crippen LogP contribution in [0.1, 0.15) is 64.4 Å². The van der Waals surface area contributed by atoms with E-state index < -0.39 is 5.41 Å². The summed E-state index contributed by atoms with van der Waals surface area (Å²) in [5.41, 5.74) is 1.63. The molecule has 1 atom stereocenters. The van der Waals surface area contributed by atoms with Crippen LogP contribution in [0.25, 0.3) is 0 Å². The number of para-hydroxylation sites is 1. The topological polar surface area (TPSA) is 65.1 Å². The number of benzene rings is 1. The first-order valence-corrected chi connectivity index (χ1v) is 11.4. The maximum atomic E-state index is 14.1. The van der Waals surface area contributed by atoms with Gasteiger partial charge in [0.2, 0.25) is 12.7 Å². The first kappa shape index (κ1) is 21.5. The molecule has 0 aromatic heterocycles. The van der Waals surface area contributed by atoms with Crippen molar-refractivity contribution in [3.8, 4) is 0 Å². The highest BCUT2D eigenvalue weighted by Crippen LogP contribution is 2.51. The molecule has 31 heavy (non-hydrogen) atoms. The van der Waals surface area contributed by atoms with Gasteiger partial charge >= 0.3 is 5.97 Å². The van der Waals surface area contributed by atoms with Gasteiger partial charge < -0.3 is 19.1 Å². The van der Waals surface area contributed by atoms with Crippen LogP contribution in [-0.2, 0) is 29.2 Å². The first-order chi connectivity index (χ1) is 15.1. The smallest absolute Gasteiger partial charge is 0.307 e. The van der Waals surface area contributed by atoms with Gasteiger partial charge in [0.05, 0.1) is 13.0 Å². The molecule has 0 saturated carbocycles. The minimum absolute atomic E-state index is 0.00253. The summed E-state index contributed by atoms with van der Waals surface area (Å²) in [7, 11) is 0. The van der Waals surface area contributed by atoms with E-state index in [1.165, 1.54) is 0 Å². The molecule has 2 heterocycles. The number of rotatable bonds is 9. The average molecular weight is 426 g/mol. The number of allylic oxidation sites excluding steroid dienone is 2. The Balaban J connectivity index is 1.76. The van der Waals surface area contributed by atoms with Crippen LogP contribution < -0.4 is 4.90 Å². The van der Waals surface area contributed by atoms with E-state index in [9.17, 15) is 9.59 Å². The Morgan fingerprint density at radius 2 is 1.97 bits per heavy atom. The number of esters is 1. The number of hydrogen-bond donors (Lipinski definition) is 0. The van der Waals surface area contributed by atoms with Gasteiger partial charge in [0.15, 0.2) is 5.76 Å². The molecule has 1 unspecified atom stereocenters. The van der Waals surface area contributed by atoms with Gasteiger partial charge in [-0.2, -0.15) is 0 Å². The Bertz CT molecular complexity index is 918. The van der Waals surface area contributed by atoms with E-state index in [0.29, 0.717) is 25.1 Å². The number of amides is 1. The minimum Gasteiger partial charge on any atom is -0.466 e. The predicted molar refractivity (Wildman–Crippen MR) is 117 cm³/mol. The van der Waals surface area contributed by atoms with Gasteiger partial charge in [0.25, 0.3) is 0 Å². The molecule has 3 aliphatic rings. The summed E-state index contributed by atoms with van der Waals surface area (Å²) in [6.07, 6.45) is 7.54. The fraction of sp³-hybridized carbons (Fsp3) is 0.520. The average Bonchev–Trinajstić information content (AvgIpc) is 3.33. The molecule has 1 aromatic rings. The van der Waals surface area contributed by atoms with Gasteiger partial charge in [0.1, 0.15) is 11.2 Å². The SMILES string of the molecule is CCCCCCN1C(=O)C(CC(=O)OCC)(C2=CC3=C(CC2)OCO3)c2ccccc21. The number of carbonyl (C=O) groups excluding carboxylic acids is 2. The van der Waals surface area contributed by atoms with E-state index in [-0.39, 0.29) is 31.7 Å². The summed E-state index contributed by atoms with van der Waals surface area (Å²) < 4.78 is 16.5. The Hall–Kier alpha value is -2.76. The summed E-state index contributed by atoms with van der Waals surface area (Å²) in [6.45, 7) is 5.11. The van der Waals surface area contributed by atoms with Crippen molar-refractivity contribution < 1.29 is 23.8 Å². The van der Waals surface area contributed by atoms with Crippen LogP contribution in [0.2, 0.25) is 0 Å². The molecule has 6 nitrogen and oxygen atoms in total. The summed E-state index contributed by atoms with van der Waals surface area (Å²) in [5.74, 6) is 1.11. The molecule has 1 aliphatic carbocycles. The quantitative estimate of drug-likeness (QED) is 0.422. The Kier molecular flexibility index (Phi) is 6.35. The van der Waals surface area contributed by atoms with Crippen molar-refractivity contribution >= 4 is 17.6 Å². The van der Waals surface area contributed by atoms with Crippen molar-refractivity contribution in [2.45, 2.75) is 64.2 Å². The van der Waals surface area contributed by atoms with Gasteiger partial charge in [-0.15, -0.1) is 0 Å². The second kappa shape index (κ2) is 9.16. The molecule has 0 N–H and O–H groups in total. The zero-order valence-electron chi connectivity index (χ0n) is 18.4. The summed E-state index contributed by atoms with van der Waals surface area (Å²) in [4.78, 5) is 28.7. The highest BCUT2D eigenvalue weighted by Gasteiger charge is 2.54. The number of nitrogens with zero attached hydrogens (tertiary/aromatic N) is 1. The number of ether oxygens (including phenoxy) is 3. The number of unbranched alkanes of at least 4 members (excludes halogenated alkanes) is 3. The van der Waals surface area contributed by atoms with Crippen LogP contribution >= 0.6 is 0 Å². The largest absolute Gasteiger partial charge is 0.466 e. The van der Waals surface area contributed by atoms with E-state index in [4.69, 9.17) is 14.2 Å². The number of carbonyl (C=O) groups is 2. The maximum absolute atomic E-state index is 14.1. The first-order valence-electron chi connectivity index (χ1n) is 11.4. The highest BCUT2D eigenvalue weighted by atomic mass is 16.7. The zero-order chi connectivity index (χ0) is 21.8. The molecule has 2 aliphatic heterocycles. The number of hydrogen-bond acceptors (Lipinski definition) is 5. The third kappa shape index (κ3) is 3.84. The fourth-order valence-electron chi connectivity index (χ4n) is 4.92. The molecule has 1 amide bonds. The molecule has 166 valence electrons. The summed E-state index contributed by atoms with van der Waals surface area (Å²) >= 11 is 0. The van der Waals surface area contributed by atoms with Gasteiger partial charge in [-0.05, 0) is 43.0 Å². The van der Waals surface area contributed by atoms with Gasteiger partial charge in [-0.25, -0.2) is 0 Å². The van der Waals surface area contributed by atoms with E-state index in [1.54, 1.807) is 6.92 Å². The fourth-order valence-corrected chi connectivity index (χ4v) is 4.92. The second-order valence-electron chi connectivity index (χ2n) is 8.29. The van der Waals surface area contributed by atoms with Crippen LogP contribution in [0.5, 0.6) is 0 Å². The lowest BCUT2D eigenvalue weighted by molar-refractivity contribution is -0.146. The molecular weight excluding hydrogens is 394 g/mol. The molecule has 4 rings (SSSR count). The molecule has 6 heteroatoms. The van der Waals surface area contributed by atoms with Crippen LogP contribution in [0.15, 0.2) is 47.4 Å². The lowest BCUT2D eigenvalue weighted by atomic mass is 9.69. The van der Waals surface area contributed by atoms with Crippen molar-refractivity contribution in [2.24, 2.45) is 0 Å². The summed E-state index contributed by atoms with van der Waals surface area (Å²) in [6, 6.07) is 7.86. The van der Waals surface area contributed by atoms with Crippen molar-refractivity contribution in [2.75, 3.05) is 24.8 Å².